The Kier molecular flexibility index (Phi) is 10.1. The van der Waals surface area contributed by atoms with Gasteiger partial charge in [0.1, 0.15) is 6.04 Å². The van der Waals surface area contributed by atoms with Crippen molar-refractivity contribution in [1.82, 2.24) is 20.1 Å². The number of amides is 3. The monoisotopic (exact) mass is 570 g/mol. The molecule has 0 bridgehead atoms. The van der Waals surface area contributed by atoms with Crippen LogP contribution in [-0.4, -0.2) is 52.9 Å². The predicted molar refractivity (Wildman–Crippen MR) is 173 cm³/mol. The lowest BCUT2D eigenvalue weighted by molar-refractivity contribution is -0.132. The normalized spacial score (nSPS) is 11.6. The van der Waals surface area contributed by atoms with E-state index < -0.39 is 6.04 Å². The molecule has 0 aliphatic heterocycles. The fourth-order valence-corrected chi connectivity index (χ4v) is 5.35. The highest BCUT2D eigenvalue weighted by molar-refractivity contribution is 5.90. The van der Waals surface area contributed by atoms with Crippen LogP contribution < -0.4 is 5.32 Å². The van der Waals surface area contributed by atoms with Gasteiger partial charge in [0.2, 0.25) is 5.91 Å². The molecule has 0 unspecified atom stereocenters. The minimum atomic E-state index is -0.735. The number of hydrogen-bond acceptors (Lipinski definition) is 3. The van der Waals surface area contributed by atoms with Crippen LogP contribution in [0.5, 0.6) is 0 Å². The van der Waals surface area contributed by atoms with Crippen LogP contribution in [0, 0.1) is 0 Å². The number of fused-ring (bicyclic) bond motifs is 1. The van der Waals surface area contributed by atoms with E-state index in [1.165, 1.54) is 0 Å². The fraction of sp³-hybridized carbons (Fsp3) is 0.216. The van der Waals surface area contributed by atoms with E-state index in [0.29, 0.717) is 38.9 Å². The number of hydrogen-bond donors (Lipinski definition) is 1. The lowest BCUT2D eigenvalue weighted by atomic mass is 9.98. The summed E-state index contributed by atoms with van der Waals surface area (Å²) in [7, 11) is 1.80. The van der Waals surface area contributed by atoms with Gasteiger partial charge >= 0.3 is 6.03 Å². The summed E-state index contributed by atoms with van der Waals surface area (Å²) in [5.74, 6) is -0.127. The molecule has 3 amide bonds. The van der Waals surface area contributed by atoms with E-state index in [-0.39, 0.29) is 11.9 Å². The highest BCUT2D eigenvalue weighted by atomic mass is 16.2. The van der Waals surface area contributed by atoms with E-state index >= 15 is 0 Å². The Morgan fingerprint density at radius 2 is 1.37 bits per heavy atom. The third kappa shape index (κ3) is 8.29. The van der Waals surface area contributed by atoms with Crippen molar-refractivity contribution < 1.29 is 9.59 Å². The smallest absolute Gasteiger partial charge is 0.318 e. The van der Waals surface area contributed by atoms with Gasteiger partial charge in [0.25, 0.3) is 0 Å². The molecule has 6 nitrogen and oxygen atoms in total. The molecule has 0 saturated heterocycles. The first-order valence-electron chi connectivity index (χ1n) is 14.8. The molecule has 1 heterocycles. The third-order valence-electron chi connectivity index (χ3n) is 7.70. The van der Waals surface area contributed by atoms with Crippen LogP contribution in [0.4, 0.5) is 4.79 Å². The minimum Gasteiger partial charge on any atom is -0.340 e. The average molecular weight is 571 g/mol. The molecule has 0 aliphatic rings. The van der Waals surface area contributed by atoms with E-state index in [9.17, 15) is 9.59 Å². The molecule has 6 heteroatoms. The number of aromatic nitrogens is 1. The van der Waals surface area contributed by atoms with Crippen LogP contribution in [0.3, 0.4) is 0 Å². The maximum Gasteiger partial charge on any atom is 0.318 e. The largest absolute Gasteiger partial charge is 0.340 e. The first-order chi connectivity index (χ1) is 21.1. The lowest BCUT2D eigenvalue weighted by Crippen LogP contribution is -2.53. The predicted octanol–water partition coefficient (Wildman–Crippen LogP) is 6.30. The molecule has 5 rings (SSSR count). The lowest BCUT2D eigenvalue weighted by Gasteiger charge is -2.29. The maximum atomic E-state index is 14.0. The van der Waals surface area contributed by atoms with Gasteiger partial charge in [-0.2, -0.15) is 0 Å². The second-order valence-electron chi connectivity index (χ2n) is 10.8. The summed E-state index contributed by atoms with van der Waals surface area (Å²) in [6.45, 7) is 1.47. The molecule has 43 heavy (non-hydrogen) atoms. The van der Waals surface area contributed by atoms with Crippen molar-refractivity contribution in [2.24, 2.45) is 0 Å². The third-order valence-corrected chi connectivity index (χ3v) is 7.70. The van der Waals surface area contributed by atoms with Crippen molar-refractivity contribution in [2.45, 2.75) is 31.8 Å². The quantitative estimate of drug-likeness (QED) is 0.191. The van der Waals surface area contributed by atoms with Crippen LogP contribution in [-0.2, 0) is 30.6 Å². The Morgan fingerprint density at radius 1 is 0.721 bits per heavy atom. The first-order valence-corrected chi connectivity index (χ1v) is 14.8. The van der Waals surface area contributed by atoms with Crippen molar-refractivity contribution >= 4 is 22.7 Å². The zero-order valence-electron chi connectivity index (χ0n) is 24.6. The van der Waals surface area contributed by atoms with Gasteiger partial charge in [-0.1, -0.05) is 109 Å². The number of benzene rings is 4. The Bertz CT molecular complexity index is 1560. The topological polar surface area (TPSA) is 65.5 Å². The molecule has 0 radical (unpaired) electrons. The van der Waals surface area contributed by atoms with Gasteiger partial charge in [-0.15, -0.1) is 0 Å². The summed E-state index contributed by atoms with van der Waals surface area (Å²) < 4.78 is 0. The number of carbonyl (C=O) groups is 2. The van der Waals surface area contributed by atoms with Crippen LogP contribution in [0.15, 0.2) is 128 Å². The SMILES string of the molecule is CN(Cc1ccccc1)C(=O)[C@@H](Cc1cccc2ccccc12)NC(=O)N(CCc1ccccc1)CCc1ccccn1. The second kappa shape index (κ2) is 14.8. The van der Waals surface area contributed by atoms with Crippen molar-refractivity contribution in [2.75, 3.05) is 20.1 Å². The number of rotatable bonds is 12. The molecular formula is C37H38N4O2. The summed E-state index contributed by atoms with van der Waals surface area (Å²) in [6, 6.07) is 39.2. The van der Waals surface area contributed by atoms with Gasteiger partial charge in [0, 0.05) is 51.4 Å². The first kappa shape index (κ1) is 29.5. The molecule has 0 spiro atoms. The minimum absolute atomic E-state index is 0.127. The summed E-state index contributed by atoms with van der Waals surface area (Å²) in [4.78, 5) is 35.9. The van der Waals surface area contributed by atoms with Crippen molar-refractivity contribution in [3.05, 3.63) is 150 Å². The maximum absolute atomic E-state index is 14.0. The number of carbonyl (C=O) groups excluding carboxylic acids is 2. The summed E-state index contributed by atoms with van der Waals surface area (Å²) in [5, 5.41) is 5.33. The number of nitrogens with one attached hydrogen (secondary N) is 1. The zero-order chi connectivity index (χ0) is 29.9. The summed E-state index contributed by atoms with van der Waals surface area (Å²) >= 11 is 0. The zero-order valence-corrected chi connectivity index (χ0v) is 24.6. The molecule has 4 aromatic carbocycles. The van der Waals surface area contributed by atoms with Gasteiger partial charge in [0.15, 0.2) is 0 Å². The Morgan fingerprint density at radius 3 is 2.12 bits per heavy atom. The Hall–Kier alpha value is -4.97. The van der Waals surface area contributed by atoms with Crippen molar-refractivity contribution in [3.8, 4) is 0 Å². The summed E-state index contributed by atoms with van der Waals surface area (Å²) in [5.41, 5.74) is 4.14. The van der Waals surface area contributed by atoms with E-state index in [1.54, 1.807) is 18.1 Å². The van der Waals surface area contributed by atoms with Gasteiger partial charge in [-0.05, 0) is 46.0 Å². The van der Waals surface area contributed by atoms with Crippen molar-refractivity contribution in [3.63, 3.8) is 0 Å². The molecule has 5 aromatic rings. The van der Waals surface area contributed by atoms with E-state index in [1.807, 2.05) is 95.9 Å². The molecule has 1 atom stereocenters. The van der Waals surface area contributed by atoms with Crippen LogP contribution in [0.1, 0.15) is 22.4 Å². The van der Waals surface area contributed by atoms with Crippen LogP contribution >= 0.6 is 0 Å². The van der Waals surface area contributed by atoms with Gasteiger partial charge in [-0.25, -0.2) is 4.79 Å². The molecule has 0 aliphatic carbocycles. The molecular weight excluding hydrogens is 532 g/mol. The van der Waals surface area contributed by atoms with Crippen LogP contribution in [0.2, 0.25) is 0 Å². The molecule has 0 fully saturated rings. The molecule has 0 saturated carbocycles. The highest BCUT2D eigenvalue weighted by Gasteiger charge is 2.27. The number of nitrogens with zero attached hydrogens (tertiary/aromatic N) is 3. The molecule has 1 N–H and O–H groups in total. The van der Waals surface area contributed by atoms with E-state index in [4.69, 9.17) is 0 Å². The van der Waals surface area contributed by atoms with Crippen LogP contribution in [0.25, 0.3) is 10.8 Å². The van der Waals surface area contributed by atoms with Gasteiger partial charge in [-0.3, -0.25) is 9.78 Å². The number of pyridine rings is 1. The van der Waals surface area contributed by atoms with E-state index in [2.05, 4.69) is 40.6 Å². The number of urea groups is 1. The molecule has 1 aromatic heterocycles. The second-order valence-corrected chi connectivity index (χ2v) is 10.8. The number of likely N-dealkylation sites (N-methyl/N-ethyl adjacent to an activating group) is 1. The van der Waals surface area contributed by atoms with Gasteiger partial charge < -0.3 is 15.1 Å². The Labute approximate surface area is 254 Å². The van der Waals surface area contributed by atoms with Gasteiger partial charge in [0.05, 0.1) is 0 Å². The fourth-order valence-electron chi connectivity index (χ4n) is 5.35. The molecule has 218 valence electrons. The average Bonchev–Trinajstić information content (AvgIpc) is 3.05. The highest BCUT2D eigenvalue weighted by Crippen LogP contribution is 2.21. The van der Waals surface area contributed by atoms with Crippen molar-refractivity contribution in [1.29, 1.82) is 0 Å². The standard InChI is InChI=1S/C37H38N4O2/c1-40(28-30-15-6-3-7-16-30)36(42)35(27-32-19-12-18-31-17-8-9-21-34(31)32)39-37(43)41(25-22-29-13-4-2-5-14-29)26-23-33-20-10-11-24-38-33/h2-21,24,35H,22-23,25-28H2,1H3,(H,39,43)/t35-/m1/s1. The van der Waals surface area contributed by atoms with E-state index in [0.717, 1.165) is 33.2 Å². The summed E-state index contributed by atoms with van der Waals surface area (Å²) in [6.07, 6.45) is 3.49. The Balaban J connectivity index is 1.38.